The summed E-state index contributed by atoms with van der Waals surface area (Å²) >= 11 is 0. The van der Waals surface area contributed by atoms with Crippen molar-refractivity contribution in [1.29, 1.82) is 0 Å². The van der Waals surface area contributed by atoms with Crippen molar-refractivity contribution >= 4 is 11.7 Å². The van der Waals surface area contributed by atoms with E-state index in [9.17, 15) is 9.59 Å². The molecule has 0 aliphatic carbocycles. The van der Waals surface area contributed by atoms with E-state index in [1.54, 1.807) is 36.7 Å². The number of hydrogen-bond donors (Lipinski definition) is 1. The van der Waals surface area contributed by atoms with Gasteiger partial charge in [-0.05, 0) is 43.2 Å². The van der Waals surface area contributed by atoms with Crippen molar-refractivity contribution in [2.75, 3.05) is 13.7 Å². The van der Waals surface area contributed by atoms with Crippen molar-refractivity contribution in [3.8, 4) is 22.9 Å². The summed E-state index contributed by atoms with van der Waals surface area (Å²) in [5, 5.41) is 6.85. The first-order chi connectivity index (χ1) is 14.9. The van der Waals surface area contributed by atoms with E-state index in [0.29, 0.717) is 28.8 Å². The van der Waals surface area contributed by atoms with Gasteiger partial charge in [-0.25, -0.2) is 0 Å². The molecule has 3 aromatic rings. The molecule has 1 aromatic carbocycles. The molecule has 0 aliphatic rings. The number of methoxy groups -OCH3 is 1. The highest BCUT2D eigenvalue weighted by atomic mass is 16.5. The van der Waals surface area contributed by atoms with Gasteiger partial charge in [0.15, 0.2) is 23.9 Å². The molecule has 0 saturated carbocycles. The van der Waals surface area contributed by atoms with Crippen LogP contribution in [-0.2, 0) is 4.79 Å². The van der Waals surface area contributed by atoms with Crippen molar-refractivity contribution in [3.63, 3.8) is 0 Å². The number of rotatable bonds is 9. The van der Waals surface area contributed by atoms with Crippen LogP contribution in [-0.4, -0.2) is 40.5 Å². The molecule has 2 aromatic heterocycles. The molecular formula is C22H24N4O5. The first-order valence-corrected chi connectivity index (χ1v) is 9.74. The molecule has 0 spiro atoms. The van der Waals surface area contributed by atoms with Crippen molar-refractivity contribution in [1.82, 2.24) is 20.4 Å². The number of ketones is 1. The van der Waals surface area contributed by atoms with Crippen LogP contribution in [0.3, 0.4) is 0 Å². The van der Waals surface area contributed by atoms with Gasteiger partial charge in [0, 0.05) is 23.5 Å². The van der Waals surface area contributed by atoms with Gasteiger partial charge < -0.3 is 19.3 Å². The second-order valence-electron chi connectivity index (χ2n) is 7.20. The first kappa shape index (κ1) is 21.9. The van der Waals surface area contributed by atoms with Crippen LogP contribution in [0.25, 0.3) is 11.4 Å². The molecule has 2 heterocycles. The molecule has 0 saturated heterocycles. The number of ether oxygens (including phenoxy) is 2. The Kier molecular flexibility index (Phi) is 6.96. The normalized spacial score (nSPS) is 11.8. The molecule has 9 heteroatoms. The molecule has 0 aliphatic heterocycles. The van der Waals surface area contributed by atoms with Crippen LogP contribution in [0.15, 0.2) is 47.2 Å². The number of benzene rings is 1. The smallest absolute Gasteiger partial charge is 0.258 e. The fourth-order valence-corrected chi connectivity index (χ4v) is 2.85. The van der Waals surface area contributed by atoms with Gasteiger partial charge in [0.2, 0.25) is 11.7 Å². The molecule has 9 nitrogen and oxygen atoms in total. The lowest BCUT2D eigenvalue weighted by molar-refractivity contribution is -0.124. The Hall–Kier alpha value is -3.75. The monoisotopic (exact) mass is 424 g/mol. The third kappa shape index (κ3) is 5.44. The molecule has 1 amide bonds. The van der Waals surface area contributed by atoms with Gasteiger partial charge in [0.05, 0.1) is 7.11 Å². The minimum absolute atomic E-state index is 0.00413. The highest BCUT2D eigenvalue weighted by Crippen LogP contribution is 2.28. The first-order valence-electron chi connectivity index (χ1n) is 9.74. The number of amides is 1. The molecule has 0 radical (unpaired) electrons. The fourth-order valence-electron chi connectivity index (χ4n) is 2.85. The third-order valence-electron chi connectivity index (χ3n) is 4.54. The Morgan fingerprint density at radius 1 is 1.19 bits per heavy atom. The third-order valence-corrected chi connectivity index (χ3v) is 4.54. The van der Waals surface area contributed by atoms with Crippen LogP contribution < -0.4 is 14.8 Å². The minimum Gasteiger partial charge on any atom is -0.493 e. The van der Waals surface area contributed by atoms with E-state index >= 15 is 0 Å². The summed E-state index contributed by atoms with van der Waals surface area (Å²) in [7, 11) is 1.47. The topological polar surface area (TPSA) is 116 Å². The van der Waals surface area contributed by atoms with Crippen LogP contribution in [0.5, 0.6) is 11.5 Å². The molecular weight excluding hydrogens is 400 g/mol. The number of hydrogen-bond acceptors (Lipinski definition) is 8. The Morgan fingerprint density at radius 3 is 2.65 bits per heavy atom. The van der Waals surface area contributed by atoms with E-state index in [4.69, 9.17) is 14.0 Å². The number of nitrogens with zero attached hydrogens (tertiary/aromatic N) is 3. The second-order valence-corrected chi connectivity index (χ2v) is 7.20. The summed E-state index contributed by atoms with van der Waals surface area (Å²) in [6.45, 7) is 5.08. The van der Waals surface area contributed by atoms with E-state index in [0.717, 1.165) is 5.56 Å². The average molecular weight is 424 g/mol. The highest BCUT2D eigenvalue weighted by molar-refractivity contribution is 5.94. The molecule has 1 unspecified atom stereocenters. The van der Waals surface area contributed by atoms with Crippen molar-refractivity contribution in [2.45, 2.75) is 26.8 Å². The summed E-state index contributed by atoms with van der Waals surface area (Å²) in [6.07, 6.45) is 3.29. The van der Waals surface area contributed by atoms with Crippen LogP contribution in [0, 0.1) is 5.92 Å². The maximum absolute atomic E-state index is 12.5. The van der Waals surface area contributed by atoms with Gasteiger partial charge >= 0.3 is 0 Å². The van der Waals surface area contributed by atoms with Gasteiger partial charge in [-0.15, -0.1) is 0 Å². The largest absolute Gasteiger partial charge is 0.493 e. The molecule has 31 heavy (non-hydrogen) atoms. The van der Waals surface area contributed by atoms with E-state index in [-0.39, 0.29) is 24.2 Å². The summed E-state index contributed by atoms with van der Waals surface area (Å²) in [5.74, 6) is 0.972. The molecule has 0 bridgehead atoms. The van der Waals surface area contributed by atoms with Crippen LogP contribution in [0.1, 0.15) is 43.1 Å². The lowest BCUT2D eigenvalue weighted by Gasteiger charge is -2.19. The molecule has 1 atom stereocenters. The van der Waals surface area contributed by atoms with Gasteiger partial charge in [-0.1, -0.05) is 19.0 Å². The SMILES string of the molecule is COc1cc(C(C)=O)ccc1OCC(=O)NC(c1nc(-c2cccnc2)no1)C(C)C. The predicted octanol–water partition coefficient (Wildman–Crippen LogP) is 3.24. The van der Waals surface area contributed by atoms with Crippen LogP contribution in [0.4, 0.5) is 0 Å². The number of nitrogens with one attached hydrogen (secondary N) is 1. The zero-order chi connectivity index (χ0) is 22.4. The minimum atomic E-state index is -0.490. The second kappa shape index (κ2) is 9.84. The van der Waals surface area contributed by atoms with Crippen LogP contribution >= 0.6 is 0 Å². The van der Waals surface area contributed by atoms with Gasteiger partial charge in [-0.3, -0.25) is 14.6 Å². The van der Waals surface area contributed by atoms with Gasteiger partial charge in [0.1, 0.15) is 6.04 Å². The van der Waals surface area contributed by atoms with E-state index in [2.05, 4.69) is 20.4 Å². The standard InChI is InChI=1S/C22H24N4O5/c1-13(2)20(22-25-21(26-31-22)16-6-5-9-23-11-16)24-19(28)12-30-17-8-7-15(14(3)27)10-18(17)29-4/h5-11,13,20H,12H2,1-4H3,(H,24,28). The molecule has 1 N–H and O–H groups in total. The predicted molar refractivity (Wildman–Crippen MR) is 112 cm³/mol. The van der Waals surface area contributed by atoms with Crippen LogP contribution in [0.2, 0.25) is 0 Å². The Labute approximate surface area is 179 Å². The van der Waals surface area contributed by atoms with E-state index < -0.39 is 6.04 Å². The maximum Gasteiger partial charge on any atom is 0.258 e. The molecule has 162 valence electrons. The Bertz CT molecular complexity index is 1050. The quantitative estimate of drug-likeness (QED) is 0.521. The maximum atomic E-state index is 12.5. The van der Waals surface area contributed by atoms with E-state index in [1.807, 2.05) is 19.9 Å². The number of carbonyl (C=O) groups excluding carboxylic acids is 2. The Morgan fingerprint density at radius 2 is 2.00 bits per heavy atom. The summed E-state index contributed by atoms with van der Waals surface area (Å²) in [6, 6.07) is 7.90. The summed E-state index contributed by atoms with van der Waals surface area (Å²) < 4.78 is 16.2. The van der Waals surface area contributed by atoms with Crippen molar-refractivity contribution < 1.29 is 23.6 Å². The Balaban J connectivity index is 1.67. The van der Waals surface area contributed by atoms with Gasteiger partial charge in [-0.2, -0.15) is 4.98 Å². The number of Topliss-reactive ketones (excluding diaryl/α,β-unsaturated/α-hetero) is 1. The zero-order valence-electron chi connectivity index (χ0n) is 17.8. The van der Waals surface area contributed by atoms with E-state index in [1.165, 1.54) is 14.0 Å². The fraction of sp³-hybridized carbons (Fsp3) is 0.318. The lowest BCUT2D eigenvalue weighted by atomic mass is 10.0. The highest BCUT2D eigenvalue weighted by Gasteiger charge is 2.25. The average Bonchev–Trinajstić information content (AvgIpc) is 3.26. The van der Waals surface area contributed by atoms with Crippen molar-refractivity contribution in [2.24, 2.45) is 5.92 Å². The molecule has 3 rings (SSSR count). The summed E-state index contributed by atoms with van der Waals surface area (Å²) in [5.41, 5.74) is 1.21. The van der Waals surface area contributed by atoms with Crippen molar-refractivity contribution in [3.05, 3.63) is 54.2 Å². The lowest BCUT2D eigenvalue weighted by Crippen LogP contribution is -2.35. The summed E-state index contributed by atoms with van der Waals surface area (Å²) in [4.78, 5) is 32.5. The number of carbonyl (C=O) groups is 2. The number of aromatic nitrogens is 3. The number of pyridine rings is 1. The zero-order valence-corrected chi connectivity index (χ0v) is 17.8. The van der Waals surface area contributed by atoms with Gasteiger partial charge in [0.25, 0.3) is 5.91 Å². The molecule has 0 fully saturated rings.